The molecule has 156 valence electrons. The van der Waals surface area contributed by atoms with Crippen LogP contribution < -0.4 is 9.80 Å². The molecule has 0 saturated carbocycles. The first-order valence-electron chi connectivity index (χ1n) is 9.69. The fraction of sp³-hybridized carbons (Fsp3) is 0.160. The molecular weight excluding hydrogens is 376 g/mol. The number of nitrogens with zero attached hydrogens (tertiary/aromatic N) is 2. The highest BCUT2D eigenvalue weighted by Gasteiger charge is 2.11. The van der Waals surface area contributed by atoms with Crippen LogP contribution in [0.15, 0.2) is 98.5 Å². The van der Waals surface area contributed by atoms with Crippen molar-refractivity contribution in [3.8, 4) is 0 Å². The number of carbonyl (C=O) groups excluding carboxylic acids is 1. The zero-order valence-electron chi connectivity index (χ0n) is 17.0. The Morgan fingerprint density at radius 3 is 1.37 bits per heavy atom. The van der Waals surface area contributed by atoms with Crippen molar-refractivity contribution in [1.29, 1.82) is 0 Å². The maximum absolute atomic E-state index is 12.9. The van der Waals surface area contributed by atoms with Gasteiger partial charge in [-0.2, -0.15) is 0 Å². The molecule has 2 N–H and O–H groups in total. The highest BCUT2D eigenvalue weighted by molar-refractivity contribution is 6.09. The van der Waals surface area contributed by atoms with E-state index in [0.717, 1.165) is 23.9 Å². The van der Waals surface area contributed by atoms with E-state index >= 15 is 0 Å². The monoisotopic (exact) mass is 404 g/mol. The zero-order chi connectivity index (χ0) is 21.8. The smallest absolute Gasteiger partial charge is 0.193 e. The molecule has 0 bridgehead atoms. The van der Waals surface area contributed by atoms with Crippen molar-refractivity contribution in [3.63, 3.8) is 0 Å². The zero-order valence-corrected chi connectivity index (χ0v) is 17.0. The SMILES string of the molecule is C=CCN(CC=CO)c1ccc(C(=O)c2ccc(N(CC=C)CC=CO)cc2)cc1. The summed E-state index contributed by atoms with van der Waals surface area (Å²) in [4.78, 5) is 16.9. The molecule has 0 radical (unpaired) electrons. The summed E-state index contributed by atoms with van der Waals surface area (Å²) in [5.74, 6) is -0.0517. The lowest BCUT2D eigenvalue weighted by atomic mass is 10.0. The molecule has 2 aromatic rings. The van der Waals surface area contributed by atoms with E-state index in [-0.39, 0.29) is 5.78 Å². The summed E-state index contributed by atoms with van der Waals surface area (Å²) < 4.78 is 0. The minimum Gasteiger partial charge on any atom is -0.516 e. The molecule has 2 rings (SSSR count). The van der Waals surface area contributed by atoms with E-state index in [1.54, 1.807) is 48.6 Å². The number of hydrogen-bond acceptors (Lipinski definition) is 5. The molecule has 30 heavy (non-hydrogen) atoms. The molecule has 5 nitrogen and oxygen atoms in total. The second-order valence-electron chi connectivity index (χ2n) is 6.58. The van der Waals surface area contributed by atoms with Crippen molar-refractivity contribution in [2.24, 2.45) is 0 Å². The maximum atomic E-state index is 12.9. The molecule has 0 aliphatic carbocycles. The van der Waals surface area contributed by atoms with Crippen molar-refractivity contribution >= 4 is 17.2 Å². The van der Waals surface area contributed by atoms with E-state index in [0.29, 0.717) is 37.3 Å². The standard InChI is InChI=1S/C25H28N2O3/c1-3-15-26(17-5-19-28)23-11-7-21(8-12-23)25(30)22-9-13-24(14-10-22)27(16-4-2)18-6-20-29/h3-14,19-20,28-29H,1-2,15-18H2. The average Bonchev–Trinajstić information content (AvgIpc) is 2.79. The van der Waals surface area contributed by atoms with Gasteiger partial charge >= 0.3 is 0 Å². The lowest BCUT2D eigenvalue weighted by Gasteiger charge is -2.22. The van der Waals surface area contributed by atoms with Gasteiger partial charge in [0.15, 0.2) is 5.78 Å². The highest BCUT2D eigenvalue weighted by Crippen LogP contribution is 2.20. The van der Waals surface area contributed by atoms with Crippen LogP contribution in [0.25, 0.3) is 0 Å². The van der Waals surface area contributed by atoms with Crippen molar-refractivity contribution < 1.29 is 15.0 Å². The summed E-state index contributed by atoms with van der Waals surface area (Å²) in [7, 11) is 0. The Balaban J connectivity index is 2.15. The van der Waals surface area contributed by atoms with Crippen molar-refractivity contribution in [3.05, 3.63) is 110 Å². The minimum atomic E-state index is -0.0517. The number of carbonyl (C=O) groups is 1. The Bertz CT molecular complexity index is 810. The van der Waals surface area contributed by atoms with Crippen LogP contribution in [0.4, 0.5) is 11.4 Å². The summed E-state index contributed by atoms with van der Waals surface area (Å²) in [6, 6.07) is 14.8. The third kappa shape index (κ3) is 6.14. The number of rotatable bonds is 12. The van der Waals surface area contributed by atoms with E-state index in [9.17, 15) is 4.79 Å². The lowest BCUT2D eigenvalue weighted by Crippen LogP contribution is -2.23. The van der Waals surface area contributed by atoms with E-state index in [2.05, 4.69) is 13.2 Å². The van der Waals surface area contributed by atoms with Gasteiger partial charge in [-0.15, -0.1) is 13.2 Å². The predicted molar refractivity (Wildman–Crippen MR) is 125 cm³/mol. The van der Waals surface area contributed by atoms with Crippen molar-refractivity contribution in [2.75, 3.05) is 36.0 Å². The number of anilines is 2. The largest absolute Gasteiger partial charge is 0.516 e. The third-order valence-electron chi connectivity index (χ3n) is 4.55. The summed E-state index contributed by atoms with van der Waals surface area (Å²) >= 11 is 0. The second-order valence-corrected chi connectivity index (χ2v) is 6.58. The molecule has 0 unspecified atom stereocenters. The first-order chi connectivity index (χ1) is 14.6. The van der Waals surface area contributed by atoms with Crippen LogP contribution in [0.1, 0.15) is 15.9 Å². The first kappa shape index (κ1) is 22.6. The van der Waals surface area contributed by atoms with Gasteiger partial charge in [-0.3, -0.25) is 4.79 Å². The van der Waals surface area contributed by atoms with Gasteiger partial charge in [-0.25, -0.2) is 0 Å². The topological polar surface area (TPSA) is 64.0 Å². The Labute approximate surface area is 178 Å². The second kappa shape index (κ2) is 12.0. The normalized spacial score (nSPS) is 10.9. The molecule has 0 heterocycles. The Hall–Kier alpha value is -3.73. The number of benzene rings is 2. The number of aliphatic hydroxyl groups excluding tert-OH is 2. The summed E-state index contributed by atoms with van der Waals surface area (Å²) in [5, 5.41) is 17.8. The van der Waals surface area contributed by atoms with Crippen LogP contribution >= 0.6 is 0 Å². The maximum Gasteiger partial charge on any atom is 0.193 e. The molecule has 0 amide bonds. The van der Waals surface area contributed by atoms with Gasteiger partial charge in [0.1, 0.15) is 0 Å². The molecule has 0 spiro atoms. The van der Waals surface area contributed by atoms with Crippen LogP contribution in [-0.4, -0.2) is 42.2 Å². The number of ketones is 1. The van der Waals surface area contributed by atoms with Gasteiger partial charge < -0.3 is 20.0 Å². The molecule has 0 aromatic heterocycles. The number of hydrogen-bond donors (Lipinski definition) is 2. The Morgan fingerprint density at radius 1 is 0.700 bits per heavy atom. The Kier molecular flexibility index (Phi) is 9.00. The Morgan fingerprint density at radius 2 is 1.07 bits per heavy atom. The van der Waals surface area contributed by atoms with Crippen LogP contribution in [-0.2, 0) is 0 Å². The molecule has 0 aliphatic rings. The molecule has 0 atom stereocenters. The van der Waals surface area contributed by atoms with Crippen LogP contribution in [0.5, 0.6) is 0 Å². The molecule has 0 saturated heterocycles. The van der Waals surface area contributed by atoms with Crippen LogP contribution in [0, 0.1) is 0 Å². The molecule has 5 heteroatoms. The quantitative estimate of drug-likeness (QED) is 0.295. The van der Waals surface area contributed by atoms with Crippen molar-refractivity contribution in [2.45, 2.75) is 0 Å². The van der Waals surface area contributed by atoms with Gasteiger partial charge in [0.05, 0.1) is 12.5 Å². The van der Waals surface area contributed by atoms with E-state index in [1.807, 2.05) is 34.1 Å². The first-order valence-corrected chi connectivity index (χ1v) is 9.69. The lowest BCUT2D eigenvalue weighted by molar-refractivity contribution is 0.103. The summed E-state index contributed by atoms with van der Waals surface area (Å²) in [5.41, 5.74) is 3.09. The fourth-order valence-corrected chi connectivity index (χ4v) is 3.05. The molecule has 2 aromatic carbocycles. The predicted octanol–water partition coefficient (Wildman–Crippen LogP) is 5.05. The summed E-state index contributed by atoms with van der Waals surface area (Å²) in [6.07, 6.45) is 8.92. The number of aliphatic hydroxyl groups is 2. The average molecular weight is 405 g/mol. The minimum absolute atomic E-state index is 0.0517. The van der Waals surface area contributed by atoms with Gasteiger partial charge in [-0.1, -0.05) is 12.2 Å². The van der Waals surface area contributed by atoms with Crippen LogP contribution in [0.2, 0.25) is 0 Å². The van der Waals surface area contributed by atoms with Gasteiger partial charge in [0.2, 0.25) is 0 Å². The molecule has 0 fully saturated rings. The van der Waals surface area contributed by atoms with Gasteiger partial charge in [0, 0.05) is 48.7 Å². The van der Waals surface area contributed by atoms with Crippen LogP contribution in [0.3, 0.4) is 0 Å². The van der Waals surface area contributed by atoms with Crippen molar-refractivity contribution in [1.82, 2.24) is 0 Å². The molecular formula is C25H28N2O3. The summed E-state index contributed by atoms with van der Waals surface area (Å²) in [6.45, 7) is 9.87. The molecule has 0 aliphatic heterocycles. The highest BCUT2D eigenvalue weighted by atomic mass is 16.2. The van der Waals surface area contributed by atoms with E-state index < -0.39 is 0 Å². The third-order valence-corrected chi connectivity index (χ3v) is 4.55. The van der Waals surface area contributed by atoms with E-state index in [4.69, 9.17) is 10.2 Å². The van der Waals surface area contributed by atoms with Gasteiger partial charge in [0.25, 0.3) is 0 Å². The van der Waals surface area contributed by atoms with Gasteiger partial charge in [-0.05, 0) is 60.7 Å². The fourth-order valence-electron chi connectivity index (χ4n) is 3.05. The van der Waals surface area contributed by atoms with E-state index in [1.165, 1.54) is 0 Å².